The van der Waals surface area contributed by atoms with E-state index in [1.165, 1.54) is 0 Å². The molecule has 1 aliphatic heterocycles. The number of carboxylic acids is 1. The molecule has 2 heterocycles. The Bertz CT molecular complexity index is 508. The van der Waals surface area contributed by atoms with Gasteiger partial charge in [-0.1, -0.05) is 0 Å². The fourth-order valence-electron chi connectivity index (χ4n) is 3.53. The van der Waals surface area contributed by atoms with E-state index in [4.69, 9.17) is 9.84 Å². The van der Waals surface area contributed by atoms with E-state index in [9.17, 15) is 4.79 Å². The maximum absolute atomic E-state index is 11.0. The summed E-state index contributed by atoms with van der Waals surface area (Å²) in [4.78, 5) is 15.3. The fourth-order valence-corrected chi connectivity index (χ4v) is 3.53. The number of nitrogens with zero attached hydrogens (tertiary/aromatic N) is 2. The second-order valence-corrected chi connectivity index (χ2v) is 6.17. The molecule has 0 aromatic carbocycles. The average molecular weight is 293 g/mol. The molecule has 1 saturated heterocycles. The number of ether oxygens (including phenoxy) is 1. The molecule has 1 aliphatic carbocycles. The van der Waals surface area contributed by atoms with Gasteiger partial charge in [-0.25, -0.2) is 4.98 Å². The third kappa shape index (κ3) is 2.96. The number of rotatable bonds is 5. The van der Waals surface area contributed by atoms with E-state index in [0.29, 0.717) is 25.5 Å². The minimum atomic E-state index is -0.690. The van der Waals surface area contributed by atoms with Gasteiger partial charge in [0.15, 0.2) is 0 Å². The highest BCUT2D eigenvalue weighted by Crippen LogP contribution is 2.46. The van der Waals surface area contributed by atoms with Crippen LogP contribution in [-0.4, -0.2) is 38.9 Å². The molecule has 1 aromatic heterocycles. The zero-order valence-corrected chi connectivity index (χ0v) is 12.4. The van der Waals surface area contributed by atoms with Crippen molar-refractivity contribution in [2.75, 3.05) is 6.61 Å². The van der Waals surface area contributed by atoms with Crippen molar-refractivity contribution in [3.8, 4) is 0 Å². The standard InChI is InChI=1S/C15H23N3O3/c1-2-18-5-4-16-13(18)10-17-12-3-6-21-15(9-12)7-11(8-15)14(19)20/h4-5,11-12,17H,2-3,6-10H2,1H3,(H,19,20). The molecule has 1 spiro atoms. The van der Waals surface area contributed by atoms with Gasteiger partial charge in [-0.15, -0.1) is 0 Å². The third-order valence-corrected chi connectivity index (χ3v) is 4.77. The van der Waals surface area contributed by atoms with Crippen molar-refractivity contribution in [3.05, 3.63) is 18.2 Å². The van der Waals surface area contributed by atoms with Gasteiger partial charge in [0.2, 0.25) is 0 Å². The molecular weight excluding hydrogens is 270 g/mol. The maximum Gasteiger partial charge on any atom is 0.306 e. The highest BCUT2D eigenvalue weighted by atomic mass is 16.5. The summed E-state index contributed by atoms with van der Waals surface area (Å²) in [7, 11) is 0. The highest BCUT2D eigenvalue weighted by Gasteiger charge is 2.51. The number of aliphatic carboxylic acids is 1. The van der Waals surface area contributed by atoms with Crippen molar-refractivity contribution in [3.63, 3.8) is 0 Å². The summed E-state index contributed by atoms with van der Waals surface area (Å²) in [6.45, 7) is 4.50. The van der Waals surface area contributed by atoms with E-state index in [2.05, 4.69) is 21.8 Å². The van der Waals surface area contributed by atoms with Gasteiger partial charge in [-0.2, -0.15) is 0 Å². The van der Waals surface area contributed by atoms with Crippen LogP contribution in [0.1, 0.15) is 38.4 Å². The second kappa shape index (κ2) is 5.77. The monoisotopic (exact) mass is 293 g/mol. The summed E-state index contributed by atoms with van der Waals surface area (Å²) in [5, 5.41) is 12.6. The minimum absolute atomic E-state index is 0.195. The summed E-state index contributed by atoms with van der Waals surface area (Å²) in [6.07, 6.45) is 7.02. The normalized spacial score (nSPS) is 32.0. The van der Waals surface area contributed by atoms with Crippen LogP contribution in [-0.2, 0) is 22.6 Å². The van der Waals surface area contributed by atoms with Crippen molar-refractivity contribution in [1.29, 1.82) is 0 Å². The first-order valence-electron chi connectivity index (χ1n) is 7.72. The molecule has 1 unspecified atom stereocenters. The Morgan fingerprint density at radius 1 is 1.57 bits per heavy atom. The second-order valence-electron chi connectivity index (χ2n) is 6.17. The van der Waals surface area contributed by atoms with Crippen LogP contribution in [0.15, 0.2) is 12.4 Å². The lowest BCUT2D eigenvalue weighted by molar-refractivity contribution is -0.181. The molecule has 0 radical (unpaired) electrons. The number of hydrogen-bond acceptors (Lipinski definition) is 4. The predicted molar refractivity (Wildman–Crippen MR) is 76.8 cm³/mol. The number of hydrogen-bond donors (Lipinski definition) is 2. The first kappa shape index (κ1) is 14.5. The summed E-state index contributed by atoms with van der Waals surface area (Å²) in [5.41, 5.74) is -0.195. The summed E-state index contributed by atoms with van der Waals surface area (Å²) in [6, 6.07) is 0.385. The van der Waals surface area contributed by atoms with E-state index < -0.39 is 5.97 Å². The number of aryl methyl sites for hydroxylation is 1. The quantitative estimate of drug-likeness (QED) is 0.858. The molecule has 0 amide bonds. The van der Waals surface area contributed by atoms with Crippen LogP contribution in [0, 0.1) is 5.92 Å². The molecular formula is C15H23N3O3. The van der Waals surface area contributed by atoms with Crippen LogP contribution < -0.4 is 5.32 Å². The van der Waals surface area contributed by atoms with Crippen molar-refractivity contribution >= 4 is 5.97 Å². The van der Waals surface area contributed by atoms with Crippen LogP contribution in [0.5, 0.6) is 0 Å². The van der Waals surface area contributed by atoms with E-state index in [0.717, 1.165) is 31.8 Å². The Labute approximate surface area is 124 Å². The average Bonchev–Trinajstić information content (AvgIpc) is 2.90. The molecule has 6 heteroatoms. The van der Waals surface area contributed by atoms with Crippen LogP contribution in [0.4, 0.5) is 0 Å². The Kier molecular flexibility index (Phi) is 3.99. The van der Waals surface area contributed by atoms with Crippen LogP contribution in [0.2, 0.25) is 0 Å². The molecule has 21 heavy (non-hydrogen) atoms. The first-order valence-corrected chi connectivity index (χ1v) is 7.72. The summed E-state index contributed by atoms with van der Waals surface area (Å²) >= 11 is 0. The molecule has 1 atom stereocenters. The Morgan fingerprint density at radius 3 is 3.10 bits per heavy atom. The molecule has 2 fully saturated rings. The number of imidazole rings is 1. The number of aromatic nitrogens is 2. The summed E-state index contributed by atoms with van der Waals surface area (Å²) < 4.78 is 8.00. The first-order chi connectivity index (χ1) is 10.1. The Balaban J connectivity index is 1.52. The van der Waals surface area contributed by atoms with Gasteiger partial charge < -0.3 is 19.7 Å². The van der Waals surface area contributed by atoms with E-state index in [1.807, 2.05) is 12.4 Å². The van der Waals surface area contributed by atoms with Gasteiger partial charge >= 0.3 is 5.97 Å². The van der Waals surface area contributed by atoms with E-state index in [-0.39, 0.29) is 11.5 Å². The lowest BCUT2D eigenvalue weighted by Gasteiger charge is -2.50. The molecule has 1 aromatic rings. The molecule has 1 saturated carbocycles. The van der Waals surface area contributed by atoms with Gasteiger partial charge in [0.1, 0.15) is 5.82 Å². The van der Waals surface area contributed by atoms with Crippen LogP contribution in [0.3, 0.4) is 0 Å². The molecule has 3 rings (SSSR count). The van der Waals surface area contributed by atoms with Gasteiger partial charge in [0.05, 0.1) is 18.1 Å². The van der Waals surface area contributed by atoms with Crippen molar-refractivity contribution < 1.29 is 14.6 Å². The number of carboxylic acid groups (broad SMARTS) is 1. The third-order valence-electron chi connectivity index (χ3n) is 4.77. The number of nitrogens with one attached hydrogen (secondary N) is 1. The zero-order chi connectivity index (χ0) is 14.9. The van der Waals surface area contributed by atoms with Gasteiger partial charge in [0, 0.05) is 31.6 Å². The topological polar surface area (TPSA) is 76.4 Å². The van der Waals surface area contributed by atoms with E-state index in [1.54, 1.807) is 0 Å². The van der Waals surface area contributed by atoms with Crippen molar-refractivity contribution in [2.45, 2.75) is 57.3 Å². The van der Waals surface area contributed by atoms with Gasteiger partial charge in [0.25, 0.3) is 0 Å². The largest absolute Gasteiger partial charge is 0.481 e. The Morgan fingerprint density at radius 2 is 2.38 bits per heavy atom. The minimum Gasteiger partial charge on any atom is -0.481 e. The smallest absolute Gasteiger partial charge is 0.306 e. The highest BCUT2D eigenvalue weighted by molar-refractivity contribution is 5.71. The zero-order valence-electron chi connectivity index (χ0n) is 12.4. The molecule has 2 aliphatic rings. The van der Waals surface area contributed by atoms with Gasteiger partial charge in [-0.05, 0) is 32.6 Å². The lowest BCUT2D eigenvalue weighted by Crippen LogP contribution is -2.55. The van der Waals surface area contributed by atoms with Crippen molar-refractivity contribution in [2.24, 2.45) is 5.92 Å². The molecule has 6 nitrogen and oxygen atoms in total. The van der Waals surface area contributed by atoms with Gasteiger partial charge in [-0.3, -0.25) is 4.79 Å². The molecule has 2 N–H and O–H groups in total. The van der Waals surface area contributed by atoms with Crippen LogP contribution >= 0.6 is 0 Å². The van der Waals surface area contributed by atoms with Crippen molar-refractivity contribution in [1.82, 2.24) is 14.9 Å². The SMILES string of the molecule is CCn1ccnc1CNC1CCOC2(C1)CC(C(=O)O)C2. The fraction of sp³-hybridized carbons (Fsp3) is 0.733. The van der Waals surface area contributed by atoms with E-state index >= 15 is 0 Å². The Hall–Kier alpha value is -1.40. The lowest BCUT2D eigenvalue weighted by atomic mass is 9.66. The maximum atomic E-state index is 11.0. The number of carbonyl (C=O) groups is 1. The molecule has 0 bridgehead atoms. The summed E-state index contributed by atoms with van der Waals surface area (Å²) in [5.74, 6) is 0.141. The van der Waals surface area contributed by atoms with Crippen LogP contribution in [0.25, 0.3) is 0 Å². The predicted octanol–water partition coefficient (Wildman–Crippen LogP) is 1.40. The molecule has 116 valence electrons.